The number of carbonyl (C=O) groups excluding carboxylic acids is 3. The number of rotatable bonds is 4. The highest BCUT2D eigenvalue weighted by Crippen LogP contribution is 2.32. The van der Waals surface area contributed by atoms with E-state index < -0.39 is 29.9 Å². The molecule has 3 amide bonds. The first kappa shape index (κ1) is 16.2. The van der Waals surface area contributed by atoms with Gasteiger partial charge in [-0.05, 0) is 0 Å². The number of hydrogen-bond donors (Lipinski definition) is 1. The summed E-state index contributed by atoms with van der Waals surface area (Å²) in [5, 5.41) is 9.40. The molecule has 0 aliphatic carbocycles. The Kier molecular flexibility index (Phi) is 4.34. The summed E-state index contributed by atoms with van der Waals surface area (Å²) in [6.07, 6.45) is 2.51. The first-order valence-electron chi connectivity index (χ1n) is 6.63. The van der Waals surface area contributed by atoms with Crippen LogP contribution in [0.25, 0.3) is 0 Å². The summed E-state index contributed by atoms with van der Waals surface area (Å²) in [5.41, 5.74) is -0.990. The van der Waals surface area contributed by atoms with E-state index in [4.69, 9.17) is 9.47 Å². The number of ether oxygens (including phenoxy) is 2. The molecule has 2 aliphatic heterocycles. The molecule has 22 heavy (non-hydrogen) atoms. The molecule has 0 radical (unpaired) electrons. The predicted octanol–water partition coefficient (Wildman–Crippen LogP) is -0.991. The highest BCUT2D eigenvalue weighted by molar-refractivity contribution is 6.07. The molecule has 1 fully saturated rings. The quantitative estimate of drug-likeness (QED) is 0.670. The molecule has 0 saturated carbocycles. The van der Waals surface area contributed by atoms with Crippen molar-refractivity contribution in [3.05, 3.63) is 23.6 Å². The maximum atomic E-state index is 12.2. The van der Waals surface area contributed by atoms with Crippen molar-refractivity contribution < 1.29 is 29.0 Å². The standard InChI is InChI=1S/C14H18N2O6/c1-15-9(6-14(8-17,22-3)13(15)20)4-11(18)16-7-10(21-2)5-12(16)19/h4-5,17H,6-8H2,1-3H3/b9-4+/t14-/m0/s1. The SMILES string of the molecule is COC1=CC(=O)N(C(=O)/C=C2\C[C@@](CO)(OC)C(=O)N2C)C1. The third kappa shape index (κ3) is 2.51. The number of imide groups is 1. The first-order chi connectivity index (χ1) is 10.4. The molecule has 0 aromatic heterocycles. The molecule has 0 bridgehead atoms. The second-order valence-electron chi connectivity index (χ2n) is 5.11. The zero-order valence-corrected chi connectivity index (χ0v) is 12.7. The lowest BCUT2D eigenvalue weighted by molar-refractivity contribution is -0.149. The van der Waals surface area contributed by atoms with Gasteiger partial charge in [0.25, 0.3) is 17.7 Å². The van der Waals surface area contributed by atoms with Crippen LogP contribution in [0.15, 0.2) is 23.6 Å². The van der Waals surface area contributed by atoms with Crippen LogP contribution in [0.5, 0.6) is 0 Å². The van der Waals surface area contributed by atoms with Gasteiger partial charge in [0.2, 0.25) is 0 Å². The van der Waals surface area contributed by atoms with Crippen LogP contribution in [0.1, 0.15) is 6.42 Å². The number of nitrogens with zero attached hydrogens (tertiary/aromatic N) is 2. The smallest absolute Gasteiger partial charge is 0.261 e. The second-order valence-corrected chi connectivity index (χ2v) is 5.11. The highest BCUT2D eigenvalue weighted by Gasteiger charge is 2.48. The molecule has 8 heteroatoms. The number of likely N-dealkylation sites (tertiary alicyclic amines) is 1. The number of hydrogen-bond acceptors (Lipinski definition) is 6. The van der Waals surface area contributed by atoms with Gasteiger partial charge in [0.1, 0.15) is 5.76 Å². The molecule has 1 saturated heterocycles. The van der Waals surface area contributed by atoms with Crippen LogP contribution in [0.4, 0.5) is 0 Å². The van der Waals surface area contributed by atoms with E-state index in [0.717, 1.165) is 4.90 Å². The Bertz CT molecular complexity index is 576. The molecule has 1 N–H and O–H groups in total. The third-order valence-corrected chi connectivity index (χ3v) is 3.92. The lowest BCUT2D eigenvalue weighted by Gasteiger charge is -2.21. The van der Waals surface area contributed by atoms with Gasteiger partial charge in [-0.1, -0.05) is 0 Å². The molecule has 2 rings (SSSR count). The lowest BCUT2D eigenvalue weighted by atomic mass is 10.0. The second kappa shape index (κ2) is 5.90. The molecule has 0 aromatic carbocycles. The van der Waals surface area contributed by atoms with E-state index in [-0.39, 0.29) is 13.0 Å². The summed E-state index contributed by atoms with van der Waals surface area (Å²) in [5.74, 6) is -1.05. The zero-order chi connectivity index (χ0) is 16.5. The van der Waals surface area contributed by atoms with E-state index in [1.165, 1.54) is 38.3 Å². The first-order valence-corrected chi connectivity index (χ1v) is 6.63. The Balaban J connectivity index is 2.19. The topological polar surface area (TPSA) is 96.4 Å². The molecule has 0 unspecified atom stereocenters. The highest BCUT2D eigenvalue weighted by atomic mass is 16.5. The van der Waals surface area contributed by atoms with Crippen LogP contribution in [-0.4, -0.2) is 72.6 Å². The van der Waals surface area contributed by atoms with Crippen molar-refractivity contribution in [2.45, 2.75) is 12.0 Å². The van der Waals surface area contributed by atoms with Crippen LogP contribution >= 0.6 is 0 Å². The van der Waals surface area contributed by atoms with Gasteiger partial charge in [0, 0.05) is 38.4 Å². The number of aliphatic hydroxyl groups excluding tert-OH is 1. The predicted molar refractivity (Wildman–Crippen MR) is 74.1 cm³/mol. The molecule has 120 valence electrons. The van der Waals surface area contributed by atoms with E-state index >= 15 is 0 Å². The van der Waals surface area contributed by atoms with E-state index in [1.807, 2.05) is 0 Å². The lowest BCUT2D eigenvalue weighted by Crippen LogP contribution is -2.43. The number of aliphatic hydroxyl groups is 1. The van der Waals surface area contributed by atoms with Crippen molar-refractivity contribution in [2.24, 2.45) is 0 Å². The van der Waals surface area contributed by atoms with E-state index in [0.29, 0.717) is 11.5 Å². The van der Waals surface area contributed by atoms with Crippen molar-refractivity contribution >= 4 is 17.7 Å². The van der Waals surface area contributed by atoms with E-state index in [1.54, 1.807) is 0 Å². The van der Waals surface area contributed by atoms with Gasteiger partial charge in [-0.2, -0.15) is 0 Å². The van der Waals surface area contributed by atoms with Gasteiger partial charge in [-0.3, -0.25) is 19.3 Å². The number of amides is 3. The maximum absolute atomic E-state index is 12.2. The monoisotopic (exact) mass is 310 g/mol. The van der Waals surface area contributed by atoms with Crippen LogP contribution in [0.2, 0.25) is 0 Å². The Morgan fingerprint density at radius 2 is 2.14 bits per heavy atom. The molecule has 8 nitrogen and oxygen atoms in total. The van der Waals surface area contributed by atoms with Crippen molar-refractivity contribution in [1.82, 2.24) is 9.80 Å². The van der Waals surface area contributed by atoms with E-state index in [9.17, 15) is 19.5 Å². The minimum Gasteiger partial charge on any atom is -0.499 e. The molecule has 2 aliphatic rings. The fourth-order valence-electron chi connectivity index (χ4n) is 2.44. The fourth-order valence-corrected chi connectivity index (χ4v) is 2.44. The summed E-state index contributed by atoms with van der Waals surface area (Å²) in [6.45, 7) is -0.429. The van der Waals surface area contributed by atoms with Crippen molar-refractivity contribution in [3.8, 4) is 0 Å². The minimum atomic E-state index is -1.37. The molecule has 1 atom stereocenters. The molecule has 0 spiro atoms. The van der Waals surface area contributed by atoms with Gasteiger partial charge in [-0.15, -0.1) is 0 Å². The summed E-state index contributed by atoms with van der Waals surface area (Å²) >= 11 is 0. The number of likely N-dealkylation sites (N-methyl/N-ethyl adjacent to an activating group) is 1. The molecule has 2 heterocycles. The summed E-state index contributed by atoms with van der Waals surface area (Å²) in [7, 11) is 4.23. The van der Waals surface area contributed by atoms with Crippen molar-refractivity contribution in [3.63, 3.8) is 0 Å². The van der Waals surface area contributed by atoms with Crippen LogP contribution in [-0.2, 0) is 23.9 Å². The van der Waals surface area contributed by atoms with Gasteiger partial charge in [0.05, 0.1) is 20.3 Å². The Hall–Kier alpha value is -2.19. The third-order valence-electron chi connectivity index (χ3n) is 3.92. The average molecular weight is 310 g/mol. The van der Waals surface area contributed by atoms with Crippen molar-refractivity contribution in [1.29, 1.82) is 0 Å². The van der Waals surface area contributed by atoms with Gasteiger partial charge in [0.15, 0.2) is 5.60 Å². The number of carbonyl (C=O) groups is 3. The van der Waals surface area contributed by atoms with Crippen LogP contribution < -0.4 is 0 Å². The zero-order valence-electron chi connectivity index (χ0n) is 12.7. The largest absolute Gasteiger partial charge is 0.499 e. The number of methoxy groups -OCH3 is 2. The Labute approximate surface area is 127 Å². The maximum Gasteiger partial charge on any atom is 0.261 e. The Morgan fingerprint density at radius 3 is 2.59 bits per heavy atom. The van der Waals surface area contributed by atoms with Crippen LogP contribution in [0.3, 0.4) is 0 Å². The molecule has 0 aromatic rings. The van der Waals surface area contributed by atoms with Gasteiger partial charge >= 0.3 is 0 Å². The normalized spacial score (nSPS) is 26.9. The van der Waals surface area contributed by atoms with Crippen molar-refractivity contribution in [2.75, 3.05) is 34.4 Å². The summed E-state index contributed by atoms with van der Waals surface area (Å²) < 4.78 is 10.1. The van der Waals surface area contributed by atoms with E-state index in [2.05, 4.69) is 0 Å². The van der Waals surface area contributed by atoms with Crippen LogP contribution in [0, 0.1) is 0 Å². The van der Waals surface area contributed by atoms with Gasteiger partial charge in [-0.25, -0.2) is 0 Å². The molecular formula is C14H18N2O6. The molecular weight excluding hydrogens is 292 g/mol. The minimum absolute atomic E-state index is 0.0605. The fraction of sp³-hybridized carbons (Fsp3) is 0.500. The Morgan fingerprint density at radius 1 is 1.45 bits per heavy atom. The average Bonchev–Trinajstić information content (AvgIpc) is 3.00. The van der Waals surface area contributed by atoms with Gasteiger partial charge < -0.3 is 19.5 Å². The summed E-state index contributed by atoms with van der Waals surface area (Å²) in [6, 6.07) is 0. The summed E-state index contributed by atoms with van der Waals surface area (Å²) in [4.78, 5) is 38.3.